The Morgan fingerprint density at radius 2 is 1.57 bits per heavy atom. The summed E-state index contributed by atoms with van der Waals surface area (Å²) in [5.41, 5.74) is -1.01. The third-order valence-electron chi connectivity index (χ3n) is 5.35. The van der Waals surface area contributed by atoms with Gasteiger partial charge in [-0.25, -0.2) is 9.18 Å². The molecular weight excluding hydrogens is 491 g/mol. The van der Waals surface area contributed by atoms with Crippen LogP contribution in [0.1, 0.15) is 28.8 Å². The van der Waals surface area contributed by atoms with E-state index in [1.54, 1.807) is 24.3 Å². The number of carboxylic acid groups (broad SMARTS) is 3. The topological polar surface area (TPSA) is 174 Å². The fourth-order valence-corrected chi connectivity index (χ4v) is 3.51. The lowest BCUT2D eigenvalue weighted by atomic mass is 9.96. The summed E-state index contributed by atoms with van der Waals surface area (Å²) in [5, 5.41) is 36.7. The molecule has 0 aliphatic carbocycles. The molecule has 12 heteroatoms. The van der Waals surface area contributed by atoms with Crippen molar-refractivity contribution >= 4 is 23.8 Å². The maximum absolute atomic E-state index is 13.0. The van der Waals surface area contributed by atoms with E-state index in [1.807, 2.05) is 18.2 Å². The Balaban J connectivity index is 0.000000317. The van der Waals surface area contributed by atoms with Gasteiger partial charge in [0.25, 0.3) is 5.91 Å². The standard InChI is InChI=1S/C19H21FN2O2.C6H8O7/c20-17-8-6-15(7-9-17)13-22-10-11-24-18(14-22)12-21-19(23)16-4-2-1-3-5-16;7-3(8)1-6(13,5(11)12)2-4(9)10/h1-9,18H,10-14H2,(H,21,23);13H,1-2H2,(H,7,8)(H,9,10)(H,11,12). The van der Waals surface area contributed by atoms with Gasteiger partial charge in [-0.05, 0) is 29.8 Å². The number of morpholine rings is 1. The summed E-state index contributed by atoms with van der Waals surface area (Å²) in [5.74, 6) is -5.33. The summed E-state index contributed by atoms with van der Waals surface area (Å²) >= 11 is 0. The van der Waals surface area contributed by atoms with E-state index >= 15 is 0 Å². The minimum atomic E-state index is -2.74. The first-order chi connectivity index (χ1) is 17.5. The number of ether oxygens (including phenoxy) is 1. The van der Waals surface area contributed by atoms with Crippen LogP contribution >= 0.6 is 0 Å². The van der Waals surface area contributed by atoms with E-state index in [9.17, 15) is 23.6 Å². The molecule has 200 valence electrons. The van der Waals surface area contributed by atoms with Crippen molar-refractivity contribution < 1.29 is 48.7 Å². The summed E-state index contributed by atoms with van der Waals surface area (Å²) in [4.78, 5) is 44.8. The molecule has 0 saturated carbocycles. The predicted molar refractivity (Wildman–Crippen MR) is 127 cm³/mol. The van der Waals surface area contributed by atoms with Gasteiger partial charge in [-0.2, -0.15) is 0 Å². The highest BCUT2D eigenvalue weighted by Gasteiger charge is 2.40. The molecule has 0 aromatic heterocycles. The quantitative estimate of drug-likeness (QED) is 0.306. The normalized spacial score (nSPS) is 15.7. The lowest BCUT2D eigenvalue weighted by Crippen LogP contribution is -2.47. The highest BCUT2D eigenvalue weighted by Crippen LogP contribution is 2.16. The molecular formula is C25H29FN2O9. The number of amides is 1. The third kappa shape index (κ3) is 10.3. The maximum Gasteiger partial charge on any atom is 0.336 e. The van der Waals surface area contributed by atoms with Crippen LogP contribution in [0.5, 0.6) is 0 Å². The highest BCUT2D eigenvalue weighted by atomic mass is 19.1. The van der Waals surface area contributed by atoms with Crippen LogP contribution in [0.15, 0.2) is 54.6 Å². The lowest BCUT2D eigenvalue weighted by Gasteiger charge is -2.33. The maximum atomic E-state index is 13.0. The molecule has 0 spiro atoms. The Morgan fingerprint density at radius 1 is 0.973 bits per heavy atom. The molecule has 2 aromatic rings. The van der Waals surface area contributed by atoms with E-state index < -0.39 is 36.4 Å². The SMILES string of the molecule is O=C(NCC1CN(Cc2ccc(F)cc2)CCO1)c1ccccc1.O=C(O)CC(O)(CC(=O)O)C(=O)O. The van der Waals surface area contributed by atoms with Crippen LogP contribution in [0.25, 0.3) is 0 Å². The van der Waals surface area contributed by atoms with Crippen LogP contribution in [0.4, 0.5) is 4.39 Å². The largest absolute Gasteiger partial charge is 0.481 e. The zero-order chi connectivity index (χ0) is 27.4. The van der Waals surface area contributed by atoms with Crippen molar-refractivity contribution in [2.75, 3.05) is 26.2 Å². The molecule has 1 heterocycles. The molecule has 0 bridgehead atoms. The predicted octanol–water partition coefficient (Wildman–Crippen LogP) is 1.21. The van der Waals surface area contributed by atoms with Crippen LogP contribution in [0, 0.1) is 5.82 Å². The van der Waals surface area contributed by atoms with Gasteiger partial charge in [-0.15, -0.1) is 0 Å². The molecule has 11 nitrogen and oxygen atoms in total. The second-order valence-electron chi connectivity index (χ2n) is 8.41. The number of hydrogen-bond donors (Lipinski definition) is 5. The molecule has 1 aliphatic heterocycles. The van der Waals surface area contributed by atoms with Gasteiger partial charge in [0.2, 0.25) is 0 Å². The van der Waals surface area contributed by atoms with Crippen molar-refractivity contribution in [1.29, 1.82) is 0 Å². The third-order valence-corrected chi connectivity index (χ3v) is 5.35. The van der Waals surface area contributed by atoms with Crippen molar-refractivity contribution in [3.8, 4) is 0 Å². The molecule has 1 amide bonds. The van der Waals surface area contributed by atoms with Gasteiger partial charge in [-0.3, -0.25) is 19.3 Å². The number of halogens is 1. The zero-order valence-corrected chi connectivity index (χ0v) is 19.9. The second kappa shape index (κ2) is 14.0. The van der Waals surface area contributed by atoms with E-state index in [1.165, 1.54) is 12.1 Å². The monoisotopic (exact) mass is 520 g/mol. The van der Waals surface area contributed by atoms with Gasteiger partial charge in [0.1, 0.15) is 5.82 Å². The number of nitrogens with zero attached hydrogens (tertiary/aromatic N) is 1. The average Bonchev–Trinajstić information content (AvgIpc) is 2.84. The van der Waals surface area contributed by atoms with Crippen LogP contribution in [-0.2, 0) is 25.7 Å². The van der Waals surface area contributed by atoms with Crippen LogP contribution < -0.4 is 5.32 Å². The van der Waals surface area contributed by atoms with Gasteiger partial charge in [0.15, 0.2) is 5.60 Å². The van der Waals surface area contributed by atoms with Crippen molar-refractivity contribution in [1.82, 2.24) is 10.2 Å². The van der Waals surface area contributed by atoms with Crippen LogP contribution in [-0.4, -0.2) is 87.1 Å². The summed E-state index contributed by atoms with van der Waals surface area (Å²) in [6.45, 7) is 3.44. The van der Waals surface area contributed by atoms with Gasteiger partial charge >= 0.3 is 17.9 Å². The van der Waals surface area contributed by atoms with E-state index in [-0.39, 0.29) is 17.8 Å². The Kier molecular flexibility index (Phi) is 11.1. The summed E-state index contributed by atoms with van der Waals surface area (Å²) in [6.07, 6.45) is -2.32. The van der Waals surface area contributed by atoms with Gasteiger partial charge in [0, 0.05) is 31.7 Å². The van der Waals surface area contributed by atoms with Crippen molar-refractivity contribution in [2.24, 2.45) is 0 Å². The average molecular weight is 521 g/mol. The molecule has 1 fully saturated rings. The lowest BCUT2D eigenvalue weighted by molar-refractivity contribution is -0.170. The molecule has 3 rings (SSSR count). The molecule has 37 heavy (non-hydrogen) atoms. The zero-order valence-electron chi connectivity index (χ0n) is 19.9. The number of nitrogens with one attached hydrogen (secondary N) is 1. The van der Waals surface area contributed by atoms with Crippen molar-refractivity contribution in [3.63, 3.8) is 0 Å². The van der Waals surface area contributed by atoms with Gasteiger partial charge in [0.05, 0.1) is 25.6 Å². The molecule has 1 aliphatic rings. The molecule has 1 atom stereocenters. The molecule has 2 aromatic carbocycles. The van der Waals surface area contributed by atoms with E-state index in [0.29, 0.717) is 18.7 Å². The minimum Gasteiger partial charge on any atom is -0.481 e. The minimum absolute atomic E-state index is 0.0353. The number of rotatable bonds is 10. The number of benzene rings is 2. The number of aliphatic hydroxyl groups is 1. The molecule has 1 saturated heterocycles. The molecule has 1 unspecified atom stereocenters. The van der Waals surface area contributed by atoms with E-state index in [2.05, 4.69) is 10.2 Å². The fraction of sp³-hybridized carbons (Fsp3) is 0.360. The van der Waals surface area contributed by atoms with E-state index in [4.69, 9.17) is 25.2 Å². The highest BCUT2D eigenvalue weighted by molar-refractivity contribution is 5.94. The summed E-state index contributed by atoms with van der Waals surface area (Å²) < 4.78 is 18.7. The summed E-state index contributed by atoms with van der Waals surface area (Å²) in [7, 11) is 0. The van der Waals surface area contributed by atoms with Crippen LogP contribution in [0.2, 0.25) is 0 Å². The fourth-order valence-electron chi connectivity index (χ4n) is 3.51. The number of aliphatic carboxylic acids is 3. The number of carbonyl (C=O) groups is 4. The Hall–Kier alpha value is -3.87. The molecule has 5 N–H and O–H groups in total. The van der Waals surface area contributed by atoms with Crippen molar-refractivity contribution in [3.05, 3.63) is 71.5 Å². The first-order valence-corrected chi connectivity index (χ1v) is 11.3. The van der Waals surface area contributed by atoms with E-state index in [0.717, 1.165) is 25.2 Å². The summed E-state index contributed by atoms with van der Waals surface area (Å²) in [6, 6.07) is 15.7. The smallest absolute Gasteiger partial charge is 0.336 e. The van der Waals surface area contributed by atoms with Crippen LogP contribution in [0.3, 0.4) is 0 Å². The number of hydrogen-bond acceptors (Lipinski definition) is 7. The first-order valence-electron chi connectivity index (χ1n) is 11.3. The van der Waals surface area contributed by atoms with Crippen molar-refractivity contribution in [2.45, 2.75) is 31.1 Å². The first kappa shape index (κ1) is 29.4. The second-order valence-corrected chi connectivity index (χ2v) is 8.41. The Labute approximate surface area is 212 Å². The van der Waals surface area contributed by atoms with Gasteiger partial charge < -0.3 is 30.5 Å². The number of carbonyl (C=O) groups excluding carboxylic acids is 1. The molecule has 0 radical (unpaired) electrons. The van der Waals surface area contributed by atoms with Gasteiger partial charge in [-0.1, -0.05) is 30.3 Å². The Bertz CT molecular complexity index is 1050. The number of carboxylic acids is 3. The Morgan fingerprint density at radius 3 is 2.11 bits per heavy atom.